The quantitative estimate of drug-likeness (QED) is 0.683. The number of carbonyl (C=O) groups is 1. The van der Waals surface area contributed by atoms with Crippen molar-refractivity contribution in [2.75, 3.05) is 0 Å². The summed E-state index contributed by atoms with van der Waals surface area (Å²) in [6.45, 7) is 0. The summed E-state index contributed by atoms with van der Waals surface area (Å²) in [5.41, 5.74) is 5.63. The van der Waals surface area contributed by atoms with E-state index in [9.17, 15) is 9.00 Å². The molecule has 0 fully saturated rings. The molecule has 31 heavy (non-hydrogen) atoms. The number of hydrogen-bond donors (Lipinski definition) is 1. The molecule has 0 bridgehead atoms. The van der Waals surface area contributed by atoms with E-state index in [1.165, 1.54) is 11.6 Å². The highest BCUT2D eigenvalue weighted by Crippen LogP contribution is 2.40. The van der Waals surface area contributed by atoms with Gasteiger partial charge >= 0.3 is 0 Å². The summed E-state index contributed by atoms with van der Waals surface area (Å²) in [7, 11) is -1.51. The van der Waals surface area contributed by atoms with E-state index in [1.807, 2.05) is 42.5 Å². The summed E-state index contributed by atoms with van der Waals surface area (Å²) in [6, 6.07) is 19.2. The summed E-state index contributed by atoms with van der Waals surface area (Å²) in [5, 5.41) is 8.97. The topological polar surface area (TPSA) is 92.1 Å². The molecule has 6 nitrogen and oxygen atoms in total. The van der Waals surface area contributed by atoms with Crippen LogP contribution in [0.25, 0.3) is 16.0 Å². The molecule has 1 amide bonds. The highest BCUT2D eigenvalue weighted by Gasteiger charge is 2.27. The molecule has 1 unspecified atom stereocenters. The second-order valence-electron chi connectivity index (χ2n) is 7.33. The molecule has 1 aliphatic heterocycles. The number of hydrogen-bond acceptors (Lipinski definition) is 5. The fourth-order valence-electron chi connectivity index (χ4n) is 4.03. The van der Waals surface area contributed by atoms with Crippen molar-refractivity contribution in [3.63, 3.8) is 0 Å². The first-order chi connectivity index (χ1) is 15.1. The molecule has 1 aromatic heterocycles. The molecule has 7 heteroatoms. The number of carbonyl (C=O) groups excluding carboxylic acids is 1. The predicted octanol–water partition coefficient (Wildman–Crippen LogP) is 3.82. The molecule has 1 N–H and O–H groups in total. The van der Waals surface area contributed by atoms with E-state index in [0.29, 0.717) is 10.6 Å². The van der Waals surface area contributed by atoms with E-state index in [1.54, 1.807) is 12.3 Å². The zero-order valence-electron chi connectivity index (χ0n) is 16.4. The zero-order chi connectivity index (χ0) is 21.4. The van der Waals surface area contributed by atoms with Gasteiger partial charge in [-0.15, -0.1) is 0 Å². The Hall–Kier alpha value is -3.76. The molecule has 2 aliphatic rings. The molecule has 2 aromatic carbocycles. The number of rotatable bonds is 4. The Morgan fingerprint density at radius 2 is 1.90 bits per heavy atom. The van der Waals surface area contributed by atoms with Crippen LogP contribution in [-0.4, -0.2) is 15.1 Å². The Labute approximate surface area is 181 Å². The number of ether oxygens (including phenoxy) is 1. The van der Waals surface area contributed by atoms with Gasteiger partial charge in [-0.05, 0) is 59.4 Å². The minimum absolute atomic E-state index is 0.0600. The summed E-state index contributed by atoms with van der Waals surface area (Å²) in [5.74, 6) is 0.375. The van der Waals surface area contributed by atoms with Crippen molar-refractivity contribution in [3.05, 3.63) is 89.3 Å². The van der Waals surface area contributed by atoms with Crippen LogP contribution in [0.5, 0.6) is 5.75 Å². The van der Waals surface area contributed by atoms with Crippen LogP contribution in [0.2, 0.25) is 0 Å². The summed E-state index contributed by atoms with van der Waals surface area (Å²) < 4.78 is 20.6. The van der Waals surface area contributed by atoms with Gasteiger partial charge < -0.3 is 4.74 Å². The third kappa shape index (κ3) is 3.62. The first-order valence-electron chi connectivity index (χ1n) is 9.82. The van der Waals surface area contributed by atoms with Crippen LogP contribution in [0.1, 0.15) is 34.9 Å². The fraction of sp³-hybridized carbons (Fsp3) is 0.125. The normalized spacial score (nSPS) is 19.3. The second-order valence-corrected chi connectivity index (χ2v) is 8.51. The maximum atomic E-state index is 11.9. The first kappa shape index (κ1) is 19.2. The maximum absolute atomic E-state index is 11.9. The molecular formula is C24H17N3O3S. The van der Waals surface area contributed by atoms with Gasteiger partial charge in [-0.2, -0.15) is 5.26 Å². The van der Waals surface area contributed by atoms with Gasteiger partial charge in [-0.1, -0.05) is 30.3 Å². The lowest BCUT2D eigenvalue weighted by molar-refractivity contribution is -0.114. The van der Waals surface area contributed by atoms with Crippen LogP contribution in [0, 0.1) is 11.3 Å². The third-order valence-corrected chi connectivity index (χ3v) is 6.62. The van der Waals surface area contributed by atoms with Gasteiger partial charge in [-0.3, -0.25) is 9.52 Å². The van der Waals surface area contributed by atoms with Crippen LogP contribution >= 0.6 is 0 Å². The van der Waals surface area contributed by atoms with Crippen molar-refractivity contribution in [2.45, 2.75) is 18.9 Å². The number of aromatic nitrogens is 1. The maximum Gasteiger partial charge on any atom is 0.257 e. The van der Waals surface area contributed by atoms with E-state index >= 15 is 0 Å². The Kier molecular flexibility index (Phi) is 4.85. The van der Waals surface area contributed by atoms with Gasteiger partial charge in [0.1, 0.15) is 23.6 Å². The van der Waals surface area contributed by atoms with Crippen molar-refractivity contribution in [1.29, 1.82) is 5.26 Å². The number of amides is 1. The van der Waals surface area contributed by atoms with Gasteiger partial charge in [0.15, 0.2) is 11.0 Å². The average molecular weight is 427 g/mol. The minimum atomic E-state index is -1.51. The second kappa shape index (κ2) is 7.82. The van der Waals surface area contributed by atoms with Crippen molar-refractivity contribution in [2.24, 2.45) is 0 Å². The Bertz CT molecular complexity index is 1270. The van der Waals surface area contributed by atoms with Crippen LogP contribution in [0.15, 0.2) is 66.9 Å². The number of fused-ring (bicyclic) bond motifs is 1. The van der Waals surface area contributed by atoms with E-state index in [2.05, 4.69) is 21.8 Å². The zero-order valence-corrected chi connectivity index (χ0v) is 17.2. The Balaban J connectivity index is 1.37. The number of pyridine rings is 1. The van der Waals surface area contributed by atoms with E-state index < -0.39 is 11.0 Å². The van der Waals surface area contributed by atoms with E-state index in [0.717, 1.165) is 40.8 Å². The first-order valence-corrected chi connectivity index (χ1v) is 11.0. The van der Waals surface area contributed by atoms with Crippen molar-refractivity contribution in [3.8, 4) is 22.9 Å². The van der Waals surface area contributed by atoms with Crippen molar-refractivity contribution < 1.29 is 13.7 Å². The van der Waals surface area contributed by atoms with Crippen molar-refractivity contribution in [1.82, 2.24) is 9.71 Å². The molecule has 2 heterocycles. The highest BCUT2D eigenvalue weighted by molar-refractivity contribution is 7.93. The van der Waals surface area contributed by atoms with Crippen LogP contribution in [-0.2, 0) is 22.2 Å². The van der Waals surface area contributed by atoms with Gasteiger partial charge in [0.2, 0.25) is 0 Å². The number of nitrogens with zero attached hydrogens (tertiary/aromatic N) is 2. The molecule has 1 aliphatic carbocycles. The smallest absolute Gasteiger partial charge is 0.257 e. The van der Waals surface area contributed by atoms with E-state index in [4.69, 9.17) is 10.00 Å². The molecule has 0 spiro atoms. The lowest BCUT2D eigenvalue weighted by Gasteiger charge is -2.16. The largest absolute Gasteiger partial charge is 0.486 e. The fourth-order valence-corrected chi connectivity index (χ4v) is 4.95. The molecule has 5 rings (SSSR count). The minimum Gasteiger partial charge on any atom is -0.486 e. The molecule has 2 atom stereocenters. The number of nitrogens with one attached hydrogen (secondary N) is 1. The van der Waals surface area contributed by atoms with Gasteiger partial charge in [0, 0.05) is 17.8 Å². The molecule has 152 valence electrons. The molecule has 3 aromatic rings. The number of nitriles is 1. The lowest BCUT2D eigenvalue weighted by atomic mass is 9.97. The summed E-state index contributed by atoms with van der Waals surface area (Å²) >= 11 is 0. The van der Waals surface area contributed by atoms with Crippen LogP contribution in [0.4, 0.5) is 0 Å². The van der Waals surface area contributed by atoms with Gasteiger partial charge in [0.25, 0.3) is 5.91 Å². The SMILES string of the molecule is N#Cc1ccc(-c2cccc3c2CC[C@H]3Oc2ccc(C3=CC(=O)NS3=O)cc2)cn1. The molecule has 0 radical (unpaired) electrons. The Morgan fingerprint density at radius 3 is 2.58 bits per heavy atom. The van der Waals surface area contributed by atoms with Gasteiger partial charge in [0.05, 0.1) is 4.91 Å². The monoisotopic (exact) mass is 427 g/mol. The van der Waals surface area contributed by atoms with Gasteiger partial charge in [-0.25, -0.2) is 9.19 Å². The number of benzene rings is 2. The summed E-state index contributed by atoms with van der Waals surface area (Å²) in [6.07, 6.45) is 4.80. The van der Waals surface area contributed by atoms with Crippen LogP contribution in [0.3, 0.4) is 0 Å². The van der Waals surface area contributed by atoms with Crippen LogP contribution < -0.4 is 9.46 Å². The molecule has 0 saturated heterocycles. The Morgan fingerprint density at radius 1 is 1.10 bits per heavy atom. The average Bonchev–Trinajstić information content (AvgIpc) is 3.36. The molecular weight excluding hydrogens is 410 g/mol. The predicted molar refractivity (Wildman–Crippen MR) is 117 cm³/mol. The lowest BCUT2D eigenvalue weighted by Crippen LogP contribution is -2.16. The third-order valence-electron chi connectivity index (χ3n) is 5.48. The highest BCUT2D eigenvalue weighted by atomic mass is 32.2. The summed E-state index contributed by atoms with van der Waals surface area (Å²) in [4.78, 5) is 16.1. The molecule has 0 saturated carbocycles. The standard InChI is InChI=1S/C24H17N3O3S/c25-13-17-7-4-16(14-26-17)19-2-1-3-21-20(19)10-11-22(21)30-18-8-5-15(6-9-18)23-12-24(28)27-31(23)29/h1-9,12,14,22H,10-11H2,(H,27,28)/t22-,31?/m1/s1. The van der Waals surface area contributed by atoms with E-state index in [-0.39, 0.29) is 12.0 Å². The van der Waals surface area contributed by atoms with Crippen molar-refractivity contribution >= 4 is 21.8 Å².